The van der Waals surface area contributed by atoms with Crippen LogP contribution in [0.3, 0.4) is 0 Å². The molecule has 3 heterocycles. The average molecular weight is 436 g/mol. The molecule has 0 N–H and O–H groups in total. The largest absolute Gasteiger partial charge is 0.491 e. The molecule has 2 aromatic carbocycles. The molecule has 33 heavy (non-hydrogen) atoms. The Kier molecular flexibility index (Phi) is 5.82. The number of unbranched alkanes of at least 4 members (excludes halogenated alkanes) is 1. The molecule has 0 saturated carbocycles. The predicted molar refractivity (Wildman–Crippen MR) is 136 cm³/mol. The van der Waals surface area contributed by atoms with Gasteiger partial charge in [-0.05, 0) is 74.2 Å². The van der Waals surface area contributed by atoms with Crippen molar-refractivity contribution < 1.29 is 4.74 Å². The lowest BCUT2D eigenvalue weighted by molar-refractivity contribution is 0.242. The Bertz CT molecular complexity index is 1400. The summed E-state index contributed by atoms with van der Waals surface area (Å²) in [5.74, 6) is 0.890. The van der Waals surface area contributed by atoms with Crippen molar-refractivity contribution in [3.63, 3.8) is 0 Å². The van der Waals surface area contributed by atoms with Gasteiger partial charge in [0, 0.05) is 22.8 Å². The van der Waals surface area contributed by atoms with Crippen LogP contribution in [0.2, 0.25) is 0 Å². The molecule has 0 aliphatic rings. The topological polar surface area (TPSA) is 39.4 Å². The molecule has 0 radical (unpaired) electrons. The number of rotatable bonds is 7. The first-order valence-electron chi connectivity index (χ1n) is 11.8. The molecule has 4 heteroatoms. The molecule has 0 fully saturated rings. The molecule has 0 aliphatic carbocycles. The number of imidazole rings is 1. The highest BCUT2D eigenvalue weighted by atomic mass is 16.5. The number of hydrogen-bond acceptors (Lipinski definition) is 3. The van der Waals surface area contributed by atoms with Crippen LogP contribution >= 0.6 is 0 Å². The van der Waals surface area contributed by atoms with Gasteiger partial charge in [0.25, 0.3) is 0 Å². The Labute approximate surface area is 194 Å². The van der Waals surface area contributed by atoms with Gasteiger partial charge in [-0.15, -0.1) is 0 Å². The van der Waals surface area contributed by atoms with Crippen molar-refractivity contribution >= 4 is 16.6 Å². The van der Waals surface area contributed by atoms with Crippen LogP contribution in [0, 0.1) is 0 Å². The second-order valence-electron chi connectivity index (χ2n) is 8.76. The van der Waals surface area contributed by atoms with E-state index in [1.54, 1.807) is 0 Å². The minimum Gasteiger partial charge on any atom is -0.491 e. The molecule has 3 aromatic heterocycles. The zero-order valence-corrected chi connectivity index (χ0v) is 19.5. The number of nitrogens with zero attached hydrogens (tertiary/aromatic N) is 3. The predicted octanol–water partition coefficient (Wildman–Crippen LogP) is 7.35. The summed E-state index contributed by atoms with van der Waals surface area (Å²) in [5.41, 5.74) is 7.67. The van der Waals surface area contributed by atoms with Crippen molar-refractivity contribution in [2.24, 2.45) is 0 Å². The van der Waals surface area contributed by atoms with Crippen molar-refractivity contribution in [3.8, 4) is 28.1 Å². The van der Waals surface area contributed by atoms with Crippen molar-refractivity contribution in [1.82, 2.24) is 14.4 Å². The van der Waals surface area contributed by atoms with E-state index in [0.717, 1.165) is 64.1 Å². The lowest BCUT2D eigenvalue weighted by Gasteiger charge is -2.11. The number of ether oxygens (including phenoxy) is 1. The van der Waals surface area contributed by atoms with Crippen LogP contribution in [0.1, 0.15) is 39.3 Å². The van der Waals surface area contributed by atoms with Crippen LogP contribution < -0.4 is 4.74 Å². The first-order valence-corrected chi connectivity index (χ1v) is 11.8. The highest BCUT2D eigenvalue weighted by Gasteiger charge is 2.13. The lowest BCUT2D eigenvalue weighted by Crippen LogP contribution is -2.05. The Hall–Kier alpha value is -3.66. The number of hydrogen-bond donors (Lipinski definition) is 0. The summed E-state index contributed by atoms with van der Waals surface area (Å²) < 4.78 is 7.95. The maximum atomic E-state index is 5.78. The first kappa shape index (κ1) is 21.2. The summed E-state index contributed by atoms with van der Waals surface area (Å²) in [6.45, 7) is 6.29. The maximum Gasteiger partial charge on any atom is 0.137 e. The Balaban J connectivity index is 1.55. The van der Waals surface area contributed by atoms with Crippen LogP contribution in [-0.2, 0) is 6.42 Å². The van der Waals surface area contributed by atoms with Gasteiger partial charge in [0.05, 0.1) is 23.5 Å². The molecular weight excluding hydrogens is 406 g/mol. The van der Waals surface area contributed by atoms with E-state index in [1.165, 1.54) is 5.56 Å². The van der Waals surface area contributed by atoms with E-state index >= 15 is 0 Å². The second kappa shape index (κ2) is 9.07. The molecule has 0 bridgehead atoms. The molecule has 0 amide bonds. The number of benzene rings is 2. The van der Waals surface area contributed by atoms with Crippen molar-refractivity contribution in [2.75, 3.05) is 0 Å². The number of para-hydroxylation sites is 1. The van der Waals surface area contributed by atoms with E-state index in [2.05, 4.69) is 72.1 Å². The summed E-state index contributed by atoms with van der Waals surface area (Å²) in [4.78, 5) is 9.66. The Morgan fingerprint density at radius 2 is 1.76 bits per heavy atom. The number of fused-ring (bicyclic) bond motifs is 2. The highest BCUT2D eigenvalue weighted by molar-refractivity contribution is 5.94. The second-order valence-corrected chi connectivity index (χ2v) is 8.76. The highest BCUT2D eigenvalue weighted by Crippen LogP contribution is 2.31. The number of aromatic nitrogens is 3. The summed E-state index contributed by atoms with van der Waals surface area (Å²) in [7, 11) is 0. The SMILES string of the molecule is CCCCc1cc(-c2cnc3cc(-c4ccc(OC(C)C)cc4)ccn23)c2ccccc2n1. The fourth-order valence-corrected chi connectivity index (χ4v) is 4.29. The Morgan fingerprint density at radius 1 is 0.939 bits per heavy atom. The summed E-state index contributed by atoms with van der Waals surface area (Å²) in [5, 5.41) is 1.16. The van der Waals surface area contributed by atoms with Crippen molar-refractivity contribution in [3.05, 3.63) is 84.8 Å². The molecule has 0 unspecified atom stereocenters. The molecule has 0 spiro atoms. The zero-order chi connectivity index (χ0) is 22.8. The van der Waals surface area contributed by atoms with Crippen molar-refractivity contribution in [2.45, 2.75) is 46.1 Å². The number of pyridine rings is 2. The first-order chi connectivity index (χ1) is 16.1. The monoisotopic (exact) mass is 435 g/mol. The van der Waals surface area contributed by atoms with Gasteiger partial charge in [-0.3, -0.25) is 9.38 Å². The third kappa shape index (κ3) is 4.34. The standard InChI is InChI=1S/C29H29N3O/c1-4-5-8-23-18-26(25-9-6-7-10-27(25)31-23)28-19-30-29-17-22(15-16-32(28)29)21-11-13-24(14-12-21)33-20(2)3/h6-7,9-20H,4-5,8H2,1-3H3. The van der Waals surface area contributed by atoms with Crippen LogP contribution in [0.4, 0.5) is 0 Å². The van der Waals surface area contributed by atoms with E-state index in [-0.39, 0.29) is 6.10 Å². The van der Waals surface area contributed by atoms with E-state index in [4.69, 9.17) is 14.7 Å². The van der Waals surface area contributed by atoms with E-state index < -0.39 is 0 Å². The average Bonchev–Trinajstić information content (AvgIpc) is 3.25. The Morgan fingerprint density at radius 3 is 2.55 bits per heavy atom. The van der Waals surface area contributed by atoms with Gasteiger partial charge < -0.3 is 4.74 Å². The third-order valence-corrected chi connectivity index (χ3v) is 5.90. The smallest absolute Gasteiger partial charge is 0.137 e. The summed E-state index contributed by atoms with van der Waals surface area (Å²) in [6, 6.07) is 23.2. The van der Waals surface area contributed by atoms with Crippen LogP contribution in [0.15, 0.2) is 79.1 Å². The molecule has 4 nitrogen and oxygen atoms in total. The fraction of sp³-hybridized carbons (Fsp3) is 0.241. The van der Waals surface area contributed by atoms with Gasteiger partial charge in [-0.1, -0.05) is 43.7 Å². The third-order valence-electron chi connectivity index (χ3n) is 5.90. The van der Waals surface area contributed by atoms with Gasteiger partial charge in [0.2, 0.25) is 0 Å². The minimum absolute atomic E-state index is 0.169. The van der Waals surface area contributed by atoms with Crippen LogP contribution in [0.25, 0.3) is 38.9 Å². The van der Waals surface area contributed by atoms with E-state index in [1.807, 2.05) is 32.2 Å². The summed E-state index contributed by atoms with van der Waals surface area (Å²) in [6.07, 6.45) is 7.56. The molecule has 166 valence electrons. The van der Waals surface area contributed by atoms with Gasteiger partial charge >= 0.3 is 0 Å². The fourth-order valence-electron chi connectivity index (χ4n) is 4.29. The maximum absolute atomic E-state index is 5.78. The minimum atomic E-state index is 0.169. The molecule has 5 aromatic rings. The summed E-state index contributed by atoms with van der Waals surface area (Å²) >= 11 is 0. The molecule has 5 rings (SSSR count). The van der Waals surface area contributed by atoms with Gasteiger partial charge in [0.1, 0.15) is 11.4 Å². The van der Waals surface area contributed by atoms with Gasteiger partial charge in [-0.2, -0.15) is 0 Å². The van der Waals surface area contributed by atoms with E-state index in [9.17, 15) is 0 Å². The molecular formula is C29H29N3O. The van der Waals surface area contributed by atoms with Crippen molar-refractivity contribution in [1.29, 1.82) is 0 Å². The normalized spacial score (nSPS) is 11.5. The molecule has 0 atom stereocenters. The quantitative estimate of drug-likeness (QED) is 0.268. The van der Waals surface area contributed by atoms with E-state index in [0.29, 0.717) is 0 Å². The van der Waals surface area contributed by atoms with Gasteiger partial charge in [-0.25, -0.2) is 4.98 Å². The van der Waals surface area contributed by atoms with Crippen LogP contribution in [-0.4, -0.2) is 20.5 Å². The van der Waals surface area contributed by atoms with Crippen LogP contribution in [0.5, 0.6) is 5.75 Å². The number of aryl methyl sites for hydroxylation is 1. The van der Waals surface area contributed by atoms with Gasteiger partial charge in [0.15, 0.2) is 0 Å². The molecule has 0 aliphatic heterocycles. The zero-order valence-electron chi connectivity index (χ0n) is 19.5. The lowest BCUT2D eigenvalue weighted by atomic mass is 10.0. The molecule has 0 saturated heterocycles.